The Morgan fingerprint density at radius 2 is 2.12 bits per heavy atom. The number of alkyl halides is 3. The molecule has 0 saturated carbocycles. The monoisotopic (exact) mass is 381 g/mol. The second-order valence-corrected chi connectivity index (χ2v) is 5.80. The molecule has 2 aliphatic heterocycles. The SMILES string of the molecule is O=C1NC(=O)N([C@H]2C[C@H](O)[C@@H](CO)O2)CC1/C=C/CNC(=O)C(F)(F)F. The maximum absolute atomic E-state index is 12.1. The normalized spacial score (nSPS) is 30.0. The molecule has 0 spiro atoms. The first-order chi connectivity index (χ1) is 12.1. The van der Waals surface area contributed by atoms with Crippen molar-refractivity contribution in [2.24, 2.45) is 5.92 Å². The Balaban J connectivity index is 1.93. The Hall–Kier alpha value is -2.18. The smallest absolute Gasteiger partial charge is 0.394 e. The minimum atomic E-state index is -5.00. The van der Waals surface area contributed by atoms with Crippen LogP contribution in [0.5, 0.6) is 0 Å². The quantitative estimate of drug-likeness (QED) is 0.446. The molecule has 0 aromatic heterocycles. The van der Waals surface area contributed by atoms with E-state index in [2.05, 4.69) is 5.32 Å². The molecule has 0 radical (unpaired) electrons. The van der Waals surface area contributed by atoms with E-state index in [-0.39, 0.29) is 13.0 Å². The highest BCUT2D eigenvalue weighted by atomic mass is 19.4. The molecule has 4 N–H and O–H groups in total. The van der Waals surface area contributed by atoms with E-state index in [4.69, 9.17) is 9.84 Å². The topological polar surface area (TPSA) is 128 Å². The highest BCUT2D eigenvalue weighted by Gasteiger charge is 2.42. The molecule has 2 saturated heterocycles. The van der Waals surface area contributed by atoms with Crippen LogP contribution in [0.15, 0.2) is 12.2 Å². The van der Waals surface area contributed by atoms with Gasteiger partial charge in [-0.05, 0) is 0 Å². The Kier molecular flexibility index (Phi) is 6.21. The van der Waals surface area contributed by atoms with Crippen molar-refractivity contribution in [3.05, 3.63) is 12.2 Å². The van der Waals surface area contributed by atoms with Crippen LogP contribution in [0.2, 0.25) is 0 Å². The summed E-state index contributed by atoms with van der Waals surface area (Å²) in [4.78, 5) is 35.6. The molecule has 4 amide bonds. The molecule has 9 nitrogen and oxygen atoms in total. The molecular formula is C14H18F3N3O6. The van der Waals surface area contributed by atoms with Gasteiger partial charge in [0.2, 0.25) is 5.91 Å². The lowest BCUT2D eigenvalue weighted by Gasteiger charge is -2.34. The number of nitrogens with one attached hydrogen (secondary N) is 2. The van der Waals surface area contributed by atoms with Crippen molar-refractivity contribution in [2.45, 2.75) is 31.0 Å². The number of hydrogen-bond acceptors (Lipinski definition) is 6. The number of urea groups is 1. The zero-order valence-electron chi connectivity index (χ0n) is 13.4. The molecule has 2 aliphatic rings. The van der Waals surface area contributed by atoms with Gasteiger partial charge in [-0.15, -0.1) is 0 Å². The van der Waals surface area contributed by atoms with Gasteiger partial charge in [0.05, 0.1) is 18.6 Å². The molecule has 0 bridgehead atoms. The van der Waals surface area contributed by atoms with Crippen LogP contribution in [-0.4, -0.2) is 77.3 Å². The summed E-state index contributed by atoms with van der Waals surface area (Å²) >= 11 is 0. The van der Waals surface area contributed by atoms with Gasteiger partial charge in [-0.1, -0.05) is 12.2 Å². The summed E-state index contributed by atoms with van der Waals surface area (Å²) in [6.07, 6.45) is -5.19. The third-order valence-corrected chi connectivity index (χ3v) is 3.96. The van der Waals surface area contributed by atoms with Crippen molar-refractivity contribution >= 4 is 17.8 Å². The number of nitrogens with zero attached hydrogens (tertiary/aromatic N) is 1. The van der Waals surface area contributed by atoms with E-state index in [1.54, 1.807) is 5.32 Å². The molecule has 2 heterocycles. The molecular weight excluding hydrogens is 363 g/mol. The molecule has 1 unspecified atom stereocenters. The van der Waals surface area contributed by atoms with Gasteiger partial charge >= 0.3 is 18.1 Å². The molecule has 26 heavy (non-hydrogen) atoms. The van der Waals surface area contributed by atoms with Crippen molar-refractivity contribution in [1.29, 1.82) is 0 Å². The van der Waals surface area contributed by atoms with E-state index in [9.17, 15) is 32.7 Å². The number of amides is 4. The number of halogens is 3. The first-order valence-corrected chi connectivity index (χ1v) is 7.71. The van der Waals surface area contributed by atoms with Gasteiger partial charge in [0.1, 0.15) is 12.3 Å². The summed E-state index contributed by atoms with van der Waals surface area (Å²) in [5.74, 6) is -3.62. The third kappa shape index (κ3) is 4.71. The minimum Gasteiger partial charge on any atom is -0.394 e. The number of aliphatic hydroxyl groups excluding tert-OH is 2. The number of imide groups is 1. The van der Waals surface area contributed by atoms with E-state index in [1.165, 1.54) is 12.2 Å². The van der Waals surface area contributed by atoms with Crippen molar-refractivity contribution in [3.8, 4) is 0 Å². The lowest BCUT2D eigenvalue weighted by molar-refractivity contribution is -0.173. The van der Waals surface area contributed by atoms with Crippen LogP contribution in [0.1, 0.15) is 6.42 Å². The maximum atomic E-state index is 12.1. The number of carbonyl (C=O) groups excluding carboxylic acids is 3. The molecule has 2 rings (SSSR count). The van der Waals surface area contributed by atoms with Crippen LogP contribution in [0.4, 0.5) is 18.0 Å². The average molecular weight is 381 g/mol. The largest absolute Gasteiger partial charge is 0.471 e. The molecule has 4 atom stereocenters. The zero-order valence-corrected chi connectivity index (χ0v) is 13.4. The van der Waals surface area contributed by atoms with E-state index in [0.717, 1.165) is 4.90 Å². The van der Waals surface area contributed by atoms with Crippen LogP contribution in [0, 0.1) is 5.92 Å². The minimum absolute atomic E-state index is 0.0465. The van der Waals surface area contributed by atoms with Gasteiger partial charge in [0, 0.05) is 19.5 Å². The van der Waals surface area contributed by atoms with Crippen molar-refractivity contribution in [3.63, 3.8) is 0 Å². The van der Waals surface area contributed by atoms with Crippen molar-refractivity contribution in [1.82, 2.24) is 15.5 Å². The van der Waals surface area contributed by atoms with Gasteiger partial charge in [-0.3, -0.25) is 19.8 Å². The molecule has 2 fully saturated rings. The molecule has 0 aromatic rings. The second-order valence-electron chi connectivity index (χ2n) is 5.80. The summed E-state index contributed by atoms with van der Waals surface area (Å²) in [6, 6.07) is -0.735. The van der Waals surface area contributed by atoms with E-state index in [1.807, 2.05) is 0 Å². The fourth-order valence-electron chi connectivity index (χ4n) is 2.60. The fourth-order valence-corrected chi connectivity index (χ4v) is 2.60. The molecule has 146 valence electrons. The van der Waals surface area contributed by atoms with Crippen molar-refractivity contribution < 1.29 is 42.5 Å². The zero-order chi connectivity index (χ0) is 19.5. The Morgan fingerprint density at radius 1 is 1.42 bits per heavy atom. The maximum Gasteiger partial charge on any atom is 0.471 e. The van der Waals surface area contributed by atoms with E-state index < -0.39 is 61.5 Å². The van der Waals surface area contributed by atoms with E-state index in [0.29, 0.717) is 0 Å². The number of carbonyl (C=O) groups is 3. The number of ether oxygens (including phenoxy) is 1. The predicted molar refractivity (Wildman–Crippen MR) is 78.3 cm³/mol. The van der Waals surface area contributed by atoms with Gasteiger partial charge in [-0.2, -0.15) is 13.2 Å². The summed E-state index contributed by atoms with van der Waals surface area (Å²) in [6.45, 7) is -1.00. The molecule has 12 heteroatoms. The number of aliphatic hydroxyl groups is 2. The summed E-state index contributed by atoms with van der Waals surface area (Å²) < 4.78 is 41.5. The van der Waals surface area contributed by atoms with Crippen molar-refractivity contribution in [2.75, 3.05) is 19.7 Å². The number of hydrogen-bond donors (Lipinski definition) is 4. The Labute approximate surface area is 145 Å². The van der Waals surface area contributed by atoms with Gasteiger partial charge in [-0.25, -0.2) is 4.79 Å². The van der Waals surface area contributed by atoms with Crippen LogP contribution in [-0.2, 0) is 14.3 Å². The van der Waals surface area contributed by atoms with E-state index >= 15 is 0 Å². The summed E-state index contributed by atoms with van der Waals surface area (Å²) in [7, 11) is 0. The fraction of sp³-hybridized carbons (Fsp3) is 0.643. The first-order valence-electron chi connectivity index (χ1n) is 7.71. The lowest BCUT2D eigenvalue weighted by Crippen LogP contribution is -2.57. The van der Waals surface area contributed by atoms with Gasteiger partial charge in [0.25, 0.3) is 0 Å². The third-order valence-electron chi connectivity index (χ3n) is 3.96. The van der Waals surface area contributed by atoms with Gasteiger partial charge in [0.15, 0.2) is 0 Å². The van der Waals surface area contributed by atoms with Crippen LogP contribution >= 0.6 is 0 Å². The average Bonchev–Trinajstić information content (AvgIpc) is 2.92. The van der Waals surface area contributed by atoms with Crippen LogP contribution < -0.4 is 10.6 Å². The number of rotatable bonds is 5. The lowest BCUT2D eigenvalue weighted by atomic mass is 10.0. The molecule has 0 aromatic carbocycles. The Bertz CT molecular complexity index is 597. The standard InChI is InChI=1S/C14H18F3N3O6/c15-14(16,17)12(24)18-3-1-2-7-5-20(13(25)19-11(7)23)10-4-8(22)9(6-21)26-10/h1-2,7-10,21-22H,3-6H2,(H,18,24)(H,19,23,25)/b2-1+/t7?,8-,9+,10+/m0/s1. The second kappa shape index (κ2) is 8.01. The highest BCUT2D eigenvalue weighted by Crippen LogP contribution is 2.25. The highest BCUT2D eigenvalue weighted by molar-refractivity contribution is 5.98. The predicted octanol–water partition coefficient (Wildman–Crippen LogP) is -1.14. The first kappa shape index (κ1) is 20.1. The Morgan fingerprint density at radius 3 is 2.69 bits per heavy atom. The van der Waals surface area contributed by atoms with Crippen LogP contribution in [0.3, 0.4) is 0 Å². The molecule has 0 aliphatic carbocycles. The van der Waals surface area contributed by atoms with Gasteiger partial charge < -0.3 is 20.3 Å². The summed E-state index contributed by atoms with van der Waals surface area (Å²) in [5.41, 5.74) is 0. The van der Waals surface area contributed by atoms with Crippen LogP contribution in [0.25, 0.3) is 0 Å². The summed E-state index contributed by atoms with van der Waals surface area (Å²) in [5, 5.41) is 22.5.